The molecule has 0 amide bonds. The van der Waals surface area contributed by atoms with Gasteiger partial charge < -0.3 is 15.4 Å². The zero-order valence-electron chi connectivity index (χ0n) is 11.4. The highest BCUT2D eigenvalue weighted by Crippen LogP contribution is 2.31. The van der Waals surface area contributed by atoms with Crippen LogP contribution in [0.2, 0.25) is 5.02 Å². The molecule has 0 radical (unpaired) electrons. The predicted octanol–water partition coefficient (Wildman–Crippen LogP) is 3.71. The molecule has 3 nitrogen and oxygen atoms in total. The Balaban J connectivity index is 2.24. The van der Waals surface area contributed by atoms with Crippen LogP contribution >= 0.6 is 11.6 Å². The SMILES string of the molecule is COc1cc(N(C)Cc2ccc(Cl)cc2)c(N)cc1F. The number of nitrogen functional groups attached to an aromatic ring is 1. The van der Waals surface area contributed by atoms with Gasteiger partial charge in [-0.1, -0.05) is 23.7 Å². The summed E-state index contributed by atoms with van der Waals surface area (Å²) >= 11 is 5.86. The number of hydrogen-bond donors (Lipinski definition) is 1. The zero-order valence-corrected chi connectivity index (χ0v) is 12.1. The minimum atomic E-state index is -0.464. The summed E-state index contributed by atoms with van der Waals surface area (Å²) in [6.07, 6.45) is 0. The lowest BCUT2D eigenvalue weighted by molar-refractivity contribution is 0.387. The molecular formula is C15H16ClFN2O. The van der Waals surface area contributed by atoms with Crippen LogP contribution in [0.4, 0.5) is 15.8 Å². The van der Waals surface area contributed by atoms with E-state index in [1.165, 1.54) is 13.2 Å². The van der Waals surface area contributed by atoms with Gasteiger partial charge in [-0.2, -0.15) is 0 Å². The number of hydrogen-bond acceptors (Lipinski definition) is 3. The minimum absolute atomic E-state index is 0.178. The third-order valence-electron chi connectivity index (χ3n) is 3.05. The second kappa shape index (κ2) is 6.01. The van der Waals surface area contributed by atoms with E-state index < -0.39 is 5.82 Å². The Hall–Kier alpha value is -1.94. The number of nitrogens with zero attached hydrogens (tertiary/aromatic N) is 1. The molecule has 0 saturated heterocycles. The monoisotopic (exact) mass is 294 g/mol. The number of benzene rings is 2. The molecule has 20 heavy (non-hydrogen) atoms. The average Bonchev–Trinajstić information content (AvgIpc) is 2.41. The van der Waals surface area contributed by atoms with Gasteiger partial charge in [0.25, 0.3) is 0 Å². The second-order valence-electron chi connectivity index (χ2n) is 4.53. The van der Waals surface area contributed by atoms with Gasteiger partial charge in [0.1, 0.15) is 0 Å². The van der Waals surface area contributed by atoms with Crippen LogP contribution in [0.3, 0.4) is 0 Å². The molecule has 0 aliphatic rings. The van der Waals surface area contributed by atoms with Crippen molar-refractivity contribution in [1.82, 2.24) is 0 Å². The van der Waals surface area contributed by atoms with E-state index in [2.05, 4.69) is 0 Å². The normalized spacial score (nSPS) is 10.4. The lowest BCUT2D eigenvalue weighted by Crippen LogP contribution is -2.18. The van der Waals surface area contributed by atoms with E-state index in [4.69, 9.17) is 22.1 Å². The minimum Gasteiger partial charge on any atom is -0.494 e. The van der Waals surface area contributed by atoms with Gasteiger partial charge in [0.2, 0.25) is 0 Å². The fourth-order valence-electron chi connectivity index (χ4n) is 1.99. The Morgan fingerprint density at radius 3 is 2.50 bits per heavy atom. The van der Waals surface area contributed by atoms with Crippen molar-refractivity contribution in [3.63, 3.8) is 0 Å². The summed E-state index contributed by atoms with van der Waals surface area (Å²) in [5.74, 6) is -0.286. The van der Waals surface area contributed by atoms with Crippen LogP contribution in [-0.2, 0) is 6.54 Å². The molecule has 0 saturated carbocycles. The van der Waals surface area contributed by atoms with Crippen molar-refractivity contribution in [2.45, 2.75) is 6.54 Å². The van der Waals surface area contributed by atoms with Crippen molar-refractivity contribution in [3.8, 4) is 5.75 Å². The van der Waals surface area contributed by atoms with Crippen molar-refractivity contribution in [1.29, 1.82) is 0 Å². The lowest BCUT2D eigenvalue weighted by Gasteiger charge is -2.22. The van der Waals surface area contributed by atoms with E-state index in [0.29, 0.717) is 17.3 Å². The third-order valence-corrected chi connectivity index (χ3v) is 3.30. The highest BCUT2D eigenvalue weighted by Gasteiger charge is 2.12. The van der Waals surface area contributed by atoms with Crippen LogP contribution in [0.15, 0.2) is 36.4 Å². The van der Waals surface area contributed by atoms with Crippen molar-refractivity contribution in [2.24, 2.45) is 0 Å². The first kappa shape index (κ1) is 14.5. The van der Waals surface area contributed by atoms with Crippen LogP contribution in [0.5, 0.6) is 5.75 Å². The van der Waals surface area contributed by atoms with Crippen molar-refractivity contribution in [2.75, 3.05) is 24.8 Å². The van der Waals surface area contributed by atoms with Crippen LogP contribution in [0, 0.1) is 5.82 Å². The topological polar surface area (TPSA) is 38.5 Å². The average molecular weight is 295 g/mol. The van der Waals surface area contributed by atoms with Crippen molar-refractivity contribution >= 4 is 23.0 Å². The van der Waals surface area contributed by atoms with Crippen LogP contribution in [0.25, 0.3) is 0 Å². The quantitative estimate of drug-likeness (QED) is 0.874. The van der Waals surface area contributed by atoms with E-state index >= 15 is 0 Å². The molecular weight excluding hydrogens is 279 g/mol. The number of methoxy groups -OCH3 is 1. The molecule has 2 N–H and O–H groups in total. The molecule has 0 spiro atoms. The van der Waals surface area contributed by atoms with Crippen LogP contribution in [0.1, 0.15) is 5.56 Å². The fourth-order valence-corrected chi connectivity index (χ4v) is 2.12. The second-order valence-corrected chi connectivity index (χ2v) is 4.96. The Bertz CT molecular complexity index is 602. The van der Waals surface area contributed by atoms with Gasteiger partial charge in [-0.05, 0) is 17.7 Å². The van der Waals surface area contributed by atoms with E-state index in [-0.39, 0.29) is 5.75 Å². The predicted molar refractivity (Wildman–Crippen MR) is 80.9 cm³/mol. The van der Waals surface area contributed by atoms with Crippen molar-refractivity contribution < 1.29 is 9.13 Å². The standard InChI is InChI=1S/C15H16ClFN2O/c1-19(9-10-3-5-11(16)6-4-10)14-8-15(20-2)12(17)7-13(14)18/h3-8H,9,18H2,1-2H3. The Morgan fingerprint density at radius 1 is 1.25 bits per heavy atom. The number of anilines is 2. The number of rotatable bonds is 4. The van der Waals surface area contributed by atoms with Gasteiger partial charge in [-0.15, -0.1) is 0 Å². The van der Waals surface area contributed by atoms with Gasteiger partial charge in [-0.3, -0.25) is 0 Å². The number of nitrogens with two attached hydrogens (primary N) is 1. The maximum Gasteiger partial charge on any atom is 0.167 e. The van der Waals surface area contributed by atoms with Gasteiger partial charge in [0, 0.05) is 30.7 Å². The van der Waals surface area contributed by atoms with E-state index in [1.807, 2.05) is 36.2 Å². The molecule has 2 aromatic rings. The molecule has 106 valence electrons. The largest absolute Gasteiger partial charge is 0.494 e. The smallest absolute Gasteiger partial charge is 0.167 e. The molecule has 5 heteroatoms. The summed E-state index contributed by atoms with van der Waals surface area (Å²) in [5.41, 5.74) is 8.04. The molecule has 0 fully saturated rings. The zero-order chi connectivity index (χ0) is 14.7. The molecule has 0 unspecified atom stereocenters. The summed E-state index contributed by atoms with van der Waals surface area (Å²) in [6, 6.07) is 10.4. The highest BCUT2D eigenvalue weighted by atomic mass is 35.5. The molecule has 0 aliphatic carbocycles. The Morgan fingerprint density at radius 2 is 1.90 bits per heavy atom. The first-order chi connectivity index (χ1) is 9.51. The molecule has 0 atom stereocenters. The molecule has 0 bridgehead atoms. The van der Waals surface area contributed by atoms with Crippen LogP contribution in [-0.4, -0.2) is 14.2 Å². The van der Waals surface area contributed by atoms with Crippen LogP contribution < -0.4 is 15.4 Å². The summed E-state index contributed by atoms with van der Waals surface area (Å²) in [7, 11) is 3.31. The van der Waals surface area contributed by atoms with Gasteiger partial charge in [0.15, 0.2) is 11.6 Å². The van der Waals surface area contributed by atoms with E-state index in [9.17, 15) is 4.39 Å². The molecule has 0 aliphatic heterocycles. The fraction of sp³-hybridized carbons (Fsp3) is 0.200. The first-order valence-corrected chi connectivity index (χ1v) is 6.47. The summed E-state index contributed by atoms with van der Waals surface area (Å²) in [4.78, 5) is 1.93. The van der Waals surface area contributed by atoms with Gasteiger partial charge in [-0.25, -0.2) is 4.39 Å². The molecule has 2 rings (SSSR count). The van der Waals surface area contributed by atoms with Gasteiger partial charge in [0.05, 0.1) is 18.5 Å². The number of halogens is 2. The highest BCUT2D eigenvalue weighted by molar-refractivity contribution is 6.30. The number of ether oxygens (including phenoxy) is 1. The Labute approximate surface area is 122 Å². The summed E-state index contributed by atoms with van der Waals surface area (Å²) in [5, 5.41) is 0.694. The third kappa shape index (κ3) is 3.14. The molecule has 2 aromatic carbocycles. The molecule has 0 aromatic heterocycles. The summed E-state index contributed by atoms with van der Waals surface area (Å²) in [6.45, 7) is 0.635. The van der Waals surface area contributed by atoms with Crippen molar-refractivity contribution in [3.05, 3.63) is 52.8 Å². The maximum atomic E-state index is 13.5. The van der Waals surface area contributed by atoms with E-state index in [0.717, 1.165) is 11.3 Å². The first-order valence-electron chi connectivity index (χ1n) is 6.10. The Kier molecular flexibility index (Phi) is 4.35. The van der Waals surface area contributed by atoms with Gasteiger partial charge >= 0.3 is 0 Å². The lowest BCUT2D eigenvalue weighted by atomic mass is 10.2. The maximum absolute atomic E-state index is 13.5. The van der Waals surface area contributed by atoms with E-state index in [1.54, 1.807) is 6.07 Å². The summed E-state index contributed by atoms with van der Waals surface area (Å²) < 4.78 is 18.5. The molecule has 0 heterocycles.